The quantitative estimate of drug-likeness (QED) is 0.0264. The van der Waals surface area contributed by atoms with Crippen molar-refractivity contribution in [3.05, 3.63) is 24.3 Å². The lowest BCUT2D eigenvalue weighted by atomic mass is 10.0. The molecule has 0 bridgehead atoms. The van der Waals surface area contributed by atoms with Crippen LogP contribution in [-0.4, -0.2) is 49.3 Å². The summed E-state index contributed by atoms with van der Waals surface area (Å²) in [6, 6.07) is 0. The highest BCUT2D eigenvalue weighted by atomic mass is 31.2. The number of phosphoric ester groups is 1. The molecule has 2 atom stereocenters. The molecule has 0 aromatic rings. The number of carbonyl (C=O) groups is 2. The van der Waals surface area contributed by atoms with Crippen molar-refractivity contribution in [2.75, 3.05) is 26.4 Å². The summed E-state index contributed by atoms with van der Waals surface area (Å²) in [7, 11) is -4.39. The first-order valence-corrected chi connectivity index (χ1v) is 36.3. The van der Waals surface area contributed by atoms with Crippen LogP contribution in [0.15, 0.2) is 24.3 Å². The summed E-state index contributed by atoms with van der Waals surface area (Å²) in [5.74, 6) is -0.803. The van der Waals surface area contributed by atoms with E-state index in [1.165, 1.54) is 302 Å². The fourth-order valence-corrected chi connectivity index (χ4v) is 11.4. The number of phosphoric acid groups is 1. The Labute approximate surface area is 491 Å². The lowest BCUT2D eigenvalue weighted by molar-refractivity contribution is -0.161. The molecular weight excluding hydrogens is 1000 g/mol. The number of hydrogen-bond acceptors (Lipinski definition) is 8. The topological polar surface area (TPSA) is 134 Å². The van der Waals surface area contributed by atoms with Gasteiger partial charge in [0.25, 0.3) is 0 Å². The molecule has 0 aliphatic carbocycles. The number of carbonyl (C=O) groups excluding carboxylic acids is 2. The van der Waals surface area contributed by atoms with Gasteiger partial charge < -0.3 is 20.1 Å². The highest BCUT2D eigenvalue weighted by molar-refractivity contribution is 7.47. The van der Waals surface area contributed by atoms with Gasteiger partial charge in [0.1, 0.15) is 6.61 Å². The molecule has 0 spiro atoms. The molecule has 2 unspecified atom stereocenters. The lowest BCUT2D eigenvalue weighted by Crippen LogP contribution is -2.29. The highest BCUT2D eigenvalue weighted by Gasteiger charge is 2.26. The van der Waals surface area contributed by atoms with Crippen molar-refractivity contribution in [2.45, 2.75) is 380 Å². The Morgan fingerprint density at radius 2 is 0.658 bits per heavy atom. The Morgan fingerprint density at radius 3 is 0.962 bits per heavy atom. The first kappa shape index (κ1) is 77.5. The summed E-state index contributed by atoms with van der Waals surface area (Å²) in [4.78, 5) is 35.3. The Bertz CT molecular complexity index is 1340. The molecule has 0 aliphatic rings. The Morgan fingerprint density at radius 1 is 0.380 bits per heavy atom. The average molecular weight is 1140 g/mol. The summed E-state index contributed by atoms with van der Waals surface area (Å²) in [6.07, 6.45) is 79.9. The van der Waals surface area contributed by atoms with Gasteiger partial charge in [0.2, 0.25) is 0 Å². The van der Waals surface area contributed by atoms with Crippen molar-refractivity contribution in [1.82, 2.24) is 0 Å². The van der Waals surface area contributed by atoms with Crippen molar-refractivity contribution in [1.29, 1.82) is 0 Å². The van der Waals surface area contributed by atoms with Crippen LogP contribution in [0.3, 0.4) is 0 Å². The van der Waals surface area contributed by atoms with E-state index in [1.54, 1.807) is 0 Å². The standard InChI is InChI=1S/C69H134NO8P/c1-3-5-7-9-11-13-15-17-19-21-23-25-27-29-31-33-35-37-39-41-43-45-47-49-51-53-55-57-59-61-68(71)75-65-67(66-77-79(73,74)76-64-63-70)78-69(72)62-60-58-56-54-52-50-48-46-44-42-40-38-36-34-32-30-28-26-24-22-20-18-16-14-12-10-8-6-4-2/h16,18,22,24,67H,3-15,17,19-21,23,25-66,70H2,1-2H3,(H,73,74)/b18-16-,24-22-. The summed E-state index contributed by atoms with van der Waals surface area (Å²) in [5, 5.41) is 0. The number of esters is 2. The normalized spacial score (nSPS) is 13.0. The largest absolute Gasteiger partial charge is 0.472 e. The van der Waals surface area contributed by atoms with Crippen LogP contribution < -0.4 is 5.73 Å². The van der Waals surface area contributed by atoms with E-state index < -0.39 is 26.5 Å². The van der Waals surface area contributed by atoms with Gasteiger partial charge in [-0.2, -0.15) is 0 Å². The van der Waals surface area contributed by atoms with Gasteiger partial charge in [-0.3, -0.25) is 18.6 Å². The van der Waals surface area contributed by atoms with Crippen molar-refractivity contribution in [3.8, 4) is 0 Å². The van der Waals surface area contributed by atoms with E-state index in [2.05, 4.69) is 38.2 Å². The predicted molar refractivity (Wildman–Crippen MR) is 340 cm³/mol. The van der Waals surface area contributed by atoms with Crippen LogP contribution in [0, 0.1) is 0 Å². The molecular formula is C69H134NO8P. The van der Waals surface area contributed by atoms with E-state index in [0.29, 0.717) is 6.42 Å². The smallest absolute Gasteiger partial charge is 0.462 e. The maximum atomic E-state index is 12.8. The molecule has 0 aliphatic heterocycles. The van der Waals surface area contributed by atoms with Crippen molar-refractivity contribution < 1.29 is 37.6 Å². The molecule has 10 heteroatoms. The zero-order chi connectivity index (χ0) is 57.3. The summed E-state index contributed by atoms with van der Waals surface area (Å²) in [5.41, 5.74) is 5.40. The number of ether oxygens (including phenoxy) is 2. The van der Waals surface area contributed by atoms with Crippen LogP contribution in [0.4, 0.5) is 0 Å². The molecule has 0 saturated carbocycles. The monoisotopic (exact) mass is 1140 g/mol. The van der Waals surface area contributed by atoms with Gasteiger partial charge in [-0.15, -0.1) is 0 Å². The molecule has 9 nitrogen and oxygen atoms in total. The third-order valence-electron chi connectivity index (χ3n) is 15.8. The number of allylic oxidation sites excluding steroid dienone is 4. The highest BCUT2D eigenvalue weighted by Crippen LogP contribution is 2.43. The van der Waals surface area contributed by atoms with Crippen LogP contribution in [0.2, 0.25) is 0 Å². The number of rotatable bonds is 67. The van der Waals surface area contributed by atoms with Crippen LogP contribution in [-0.2, 0) is 32.7 Å². The van der Waals surface area contributed by atoms with Gasteiger partial charge in [0.05, 0.1) is 13.2 Å². The molecule has 79 heavy (non-hydrogen) atoms. The second-order valence-electron chi connectivity index (χ2n) is 23.8. The van der Waals surface area contributed by atoms with Gasteiger partial charge in [0.15, 0.2) is 6.10 Å². The Balaban J connectivity index is 3.82. The van der Waals surface area contributed by atoms with Gasteiger partial charge in [-0.05, 0) is 44.9 Å². The predicted octanol–water partition coefficient (Wildman–Crippen LogP) is 22.5. The summed E-state index contributed by atoms with van der Waals surface area (Å²) >= 11 is 0. The second-order valence-corrected chi connectivity index (χ2v) is 25.2. The SMILES string of the molecule is CCCCCCC/C=C\C/C=C\CCCCCCCCCCCCCCCCCCCC(=O)OC(COC(=O)CCCCCCCCCCCCCCCCCCCCCCCCCCCCCCC)COP(=O)(O)OCCN. The molecule has 0 heterocycles. The zero-order valence-electron chi connectivity index (χ0n) is 52.6. The van der Waals surface area contributed by atoms with Crippen molar-refractivity contribution >= 4 is 19.8 Å². The van der Waals surface area contributed by atoms with Gasteiger partial charge in [0, 0.05) is 19.4 Å². The maximum absolute atomic E-state index is 12.8. The van der Waals surface area contributed by atoms with Crippen LogP contribution in [0.1, 0.15) is 373 Å². The van der Waals surface area contributed by atoms with E-state index in [-0.39, 0.29) is 38.6 Å². The zero-order valence-corrected chi connectivity index (χ0v) is 53.5. The molecule has 0 rings (SSSR count). The fourth-order valence-electron chi connectivity index (χ4n) is 10.7. The average Bonchev–Trinajstić information content (AvgIpc) is 3.44. The van der Waals surface area contributed by atoms with Crippen molar-refractivity contribution in [3.63, 3.8) is 0 Å². The van der Waals surface area contributed by atoms with E-state index in [9.17, 15) is 19.0 Å². The second kappa shape index (κ2) is 65.6. The Kier molecular flexibility index (Phi) is 64.4. The molecule has 0 aromatic carbocycles. The molecule has 0 saturated heterocycles. The molecule has 0 amide bonds. The number of hydrogen-bond donors (Lipinski definition) is 2. The minimum atomic E-state index is -4.39. The summed E-state index contributed by atoms with van der Waals surface area (Å²) in [6.45, 7) is 3.82. The number of nitrogens with two attached hydrogens (primary N) is 1. The van der Waals surface area contributed by atoms with Crippen molar-refractivity contribution in [2.24, 2.45) is 5.73 Å². The van der Waals surface area contributed by atoms with E-state index >= 15 is 0 Å². The van der Waals surface area contributed by atoms with Crippen LogP contribution in [0.5, 0.6) is 0 Å². The summed E-state index contributed by atoms with van der Waals surface area (Å²) < 4.78 is 33.2. The maximum Gasteiger partial charge on any atom is 0.472 e. The van der Waals surface area contributed by atoms with Gasteiger partial charge >= 0.3 is 19.8 Å². The lowest BCUT2D eigenvalue weighted by Gasteiger charge is -2.19. The van der Waals surface area contributed by atoms with Gasteiger partial charge in [-0.1, -0.05) is 340 Å². The molecule has 0 fully saturated rings. The molecule has 3 N–H and O–H groups in total. The van der Waals surface area contributed by atoms with E-state index in [4.69, 9.17) is 24.3 Å². The van der Waals surface area contributed by atoms with E-state index in [1.807, 2.05) is 0 Å². The molecule has 0 aromatic heterocycles. The minimum Gasteiger partial charge on any atom is -0.462 e. The van der Waals surface area contributed by atoms with Gasteiger partial charge in [-0.25, -0.2) is 4.57 Å². The fraction of sp³-hybridized carbons (Fsp3) is 0.913. The Hall–Kier alpha value is -1.51. The molecule has 0 radical (unpaired) electrons. The third kappa shape index (κ3) is 65.5. The first-order chi connectivity index (χ1) is 38.8. The minimum absolute atomic E-state index is 0.0568. The van der Waals surface area contributed by atoms with E-state index in [0.717, 1.165) is 38.5 Å². The first-order valence-electron chi connectivity index (χ1n) is 34.8. The van der Waals surface area contributed by atoms with Crippen LogP contribution >= 0.6 is 7.82 Å². The molecule has 468 valence electrons. The number of unbranched alkanes of at least 4 members (excludes halogenated alkanes) is 50. The third-order valence-corrected chi connectivity index (χ3v) is 16.8. The van der Waals surface area contributed by atoms with Crippen LogP contribution in [0.25, 0.3) is 0 Å².